The van der Waals surface area contributed by atoms with E-state index in [0.717, 1.165) is 4.90 Å². The molecule has 0 saturated heterocycles. The molecule has 2 amide bonds. The number of carboxylic acids is 1. The number of amides is 2. The van der Waals surface area contributed by atoms with Crippen LogP contribution in [0.2, 0.25) is 0 Å². The van der Waals surface area contributed by atoms with Crippen molar-refractivity contribution in [1.29, 1.82) is 0 Å². The third-order valence-corrected chi connectivity index (χ3v) is 2.84. The van der Waals surface area contributed by atoms with Crippen LogP contribution in [0.1, 0.15) is 41.5 Å². The number of aliphatic hydroxyl groups is 1. The van der Waals surface area contributed by atoms with Crippen molar-refractivity contribution in [3.63, 3.8) is 0 Å². The van der Waals surface area contributed by atoms with E-state index in [0.29, 0.717) is 0 Å². The van der Waals surface area contributed by atoms with Crippen molar-refractivity contribution in [3.05, 3.63) is 0 Å². The van der Waals surface area contributed by atoms with Gasteiger partial charge >= 0.3 is 12.1 Å². The largest absolute Gasteiger partial charge is 0.480 e. The van der Waals surface area contributed by atoms with Gasteiger partial charge in [-0.25, -0.2) is 9.59 Å². The van der Waals surface area contributed by atoms with Gasteiger partial charge in [0, 0.05) is 13.1 Å². The standard InChI is InChI=1S/C15H28N2O6/c1-14(2,3)11(12(20)21)17(10(19)9-18)8-7-16-13(22)23-15(4,5)6/h11,18H,7-9H2,1-6H3,(H,16,22)(H,20,21). The molecule has 0 aliphatic carbocycles. The summed E-state index contributed by atoms with van der Waals surface area (Å²) in [6.45, 7) is 9.37. The lowest BCUT2D eigenvalue weighted by Gasteiger charge is -2.37. The highest BCUT2D eigenvalue weighted by Gasteiger charge is 2.38. The van der Waals surface area contributed by atoms with Gasteiger partial charge < -0.3 is 25.2 Å². The Balaban J connectivity index is 4.92. The first-order valence-electron chi connectivity index (χ1n) is 7.39. The summed E-state index contributed by atoms with van der Waals surface area (Å²) in [6, 6.07) is -1.12. The summed E-state index contributed by atoms with van der Waals surface area (Å²) < 4.78 is 5.06. The van der Waals surface area contributed by atoms with E-state index in [1.807, 2.05) is 0 Å². The first-order valence-corrected chi connectivity index (χ1v) is 7.39. The lowest BCUT2D eigenvalue weighted by molar-refractivity contribution is -0.156. The third-order valence-electron chi connectivity index (χ3n) is 2.84. The van der Waals surface area contributed by atoms with Crippen molar-refractivity contribution >= 4 is 18.0 Å². The predicted octanol–water partition coefficient (Wildman–Crippen LogP) is 0.831. The van der Waals surface area contributed by atoms with Crippen LogP contribution >= 0.6 is 0 Å². The fourth-order valence-corrected chi connectivity index (χ4v) is 2.05. The highest BCUT2D eigenvalue weighted by atomic mass is 16.6. The van der Waals surface area contributed by atoms with Gasteiger partial charge in [0.1, 0.15) is 18.2 Å². The zero-order valence-corrected chi connectivity index (χ0v) is 14.7. The minimum atomic E-state index is -1.17. The van der Waals surface area contributed by atoms with Crippen molar-refractivity contribution in [3.8, 4) is 0 Å². The Bertz CT molecular complexity index is 436. The topological polar surface area (TPSA) is 116 Å². The number of rotatable bonds is 6. The smallest absolute Gasteiger partial charge is 0.407 e. The molecule has 0 rings (SSSR count). The van der Waals surface area contributed by atoms with E-state index in [-0.39, 0.29) is 13.1 Å². The minimum absolute atomic E-state index is 0.0144. The van der Waals surface area contributed by atoms with E-state index < -0.39 is 41.6 Å². The summed E-state index contributed by atoms with van der Waals surface area (Å²) in [5.41, 5.74) is -1.39. The first kappa shape index (κ1) is 21.2. The number of aliphatic carboxylic acids is 1. The normalized spacial score (nSPS) is 13.2. The molecule has 0 aliphatic rings. The Kier molecular flexibility index (Phi) is 7.50. The molecule has 134 valence electrons. The third kappa shape index (κ3) is 7.83. The van der Waals surface area contributed by atoms with Gasteiger partial charge in [-0.2, -0.15) is 0 Å². The average molecular weight is 332 g/mol. The molecule has 23 heavy (non-hydrogen) atoms. The molecular formula is C15H28N2O6. The maximum atomic E-state index is 11.9. The second-order valence-corrected chi connectivity index (χ2v) is 7.28. The molecular weight excluding hydrogens is 304 g/mol. The molecule has 0 spiro atoms. The highest BCUT2D eigenvalue weighted by Crippen LogP contribution is 2.24. The quantitative estimate of drug-likeness (QED) is 0.663. The molecule has 0 aromatic heterocycles. The number of carboxylic acid groups (broad SMARTS) is 1. The molecule has 0 fully saturated rings. The summed E-state index contributed by atoms with van der Waals surface area (Å²) in [7, 11) is 0. The van der Waals surface area contributed by atoms with Gasteiger partial charge in [-0.15, -0.1) is 0 Å². The second kappa shape index (κ2) is 8.14. The zero-order valence-electron chi connectivity index (χ0n) is 14.7. The molecule has 0 saturated carbocycles. The number of nitrogens with one attached hydrogen (secondary N) is 1. The molecule has 0 radical (unpaired) electrons. The zero-order chi connectivity index (χ0) is 18.4. The summed E-state index contributed by atoms with van der Waals surface area (Å²) in [6.07, 6.45) is -0.656. The lowest BCUT2D eigenvalue weighted by Crippen LogP contribution is -2.54. The van der Waals surface area contributed by atoms with Crippen molar-refractivity contribution in [1.82, 2.24) is 10.2 Å². The van der Waals surface area contributed by atoms with Crippen molar-refractivity contribution in [2.24, 2.45) is 5.41 Å². The van der Waals surface area contributed by atoms with Crippen molar-refractivity contribution in [2.75, 3.05) is 19.7 Å². The van der Waals surface area contributed by atoms with E-state index in [4.69, 9.17) is 9.84 Å². The number of alkyl carbamates (subject to hydrolysis) is 1. The summed E-state index contributed by atoms with van der Waals surface area (Å²) >= 11 is 0. The molecule has 3 N–H and O–H groups in total. The van der Waals surface area contributed by atoms with Gasteiger partial charge in [0.25, 0.3) is 0 Å². The van der Waals surface area contributed by atoms with Crippen LogP contribution in [-0.2, 0) is 14.3 Å². The Morgan fingerprint density at radius 1 is 1.13 bits per heavy atom. The van der Waals surface area contributed by atoms with Gasteiger partial charge in [0.15, 0.2) is 0 Å². The van der Waals surface area contributed by atoms with Crippen LogP contribution in [0.5, 0.6) is 0 Å². The monoisotopic (exact) mass is 332 g/mol. The number of ether oxygens (including phenoxy) is 1. The molecule has 0 aromatic carbocycles. The predicted molar refractivity (Wildman–Crippen MR) is 83.9 cm³/mol. The Hall–Kier alpha value is -1.83. The number of hydrogen-bond donors (Lipinski definition) is 3. The Morgan fingerprint density at radius 3 is 2.00 bits per heavy atom. The molecule has 0 aromatic rings. The SMILES string of the molecule is CC(C)(C)OC(=O)NCCN(C(=O)CO)C(C(=O)O)C(C)(C)C. The average Bonchev–Trinajstić information content (AvgIpc) is 2.32. The molecule has 8 nitrogen and oxygen atoms in total. The number of carbonyl (C=O) groups excluding carboxylic acids is 2. The fourth-order valence-electron chi connectivity index (χ4n) is 2.05. The van der Waals surface area contributed by atoms with Gasteiger partial charge in [0.05, 0.1) is 0 Å². The van der Waals surface area contributed by atoms with E-state index in [1.54, 1.807) is 41.5 Å². The van der Waals surface area contributed by atoms with Crippen LogP contribution in [0.3, 0.4) is 0 Å². The molecule has 1 unspecified atom stereocenters. The molecule has 0 aliphatic heterocycles. The van der Waals surface area contributed by atoms with Crippen LogP contribution in [-0.4, -0.2) is 64.4 Å². The van der Waals surface area contributed by atoms with Crippen LogP contribution in [0, 0.1) is 5.41 Å². The van der Waals surface area contributed by atoms with Crippen molar-refractivity contribution in [2.45, 2.75) is 53.2 Å². The number of nitrogens with zero attached hydrogens (tertiary/aromatic N) is 1. The van der Waals surface area contributed by atoms with Crippen LogP contribution in [0.4, 0.5) is 4.79 Å². The van der Waals surface area contributed by atoms with Gasteiger partial charge in [-0.1, -0.05) is 20.8 Å². The number of carbonyl (C=O) groups is 3. The Morgan fingerprint density at radius 2 is 1.65 bits per heavy atom. The number of aliphatic hydroxyl groups excluding tert-OH is 1. The molecule has 1 atom stereocenters. The van der Waals surface area contributed by atoms with Gasteiger partial charge in [-0.05, 0) is 26.2 Å². The molecule has 0 heterocycles. The molecule has 8 heteroatoms. The lowest BCUT2D eigenvalue weighted by atomic mass is 9.85. The van der Waals surface area contributed by atoms with E-state index in [1.165, 1.54) is 0 Å². The van der Waals surface area contributed by atoms with E-state index in [2.05, 4.69) is 5.32 Å². The van der Waals surface area contributed by atoms with Gasteiger partial charge in [-0.3, -0.25) is 4.79 Å². The number of hydrogen-bond acceptors (Lipinski definition) is 5. The van der Waals surface area contributed by atoms with Crippen LogP contribution in [0.25, 0.3) is 0 Å². The first-order chi connectivity index (χ1) is 10.3. The molecule has 0 bridgehead atoms. The Labute approximate surface area is 136 Å². The van der Waals surface area contributed by atoms with Crippen LogP contribution in [0.15, 0.2) is 0 Å². The highest BCUT2D eigenvalue weighted by molar-refractivity contribution is 5.84. The maximum absolute atomic E-state index is 11.9. The van der Waals surface area contributed by atoms with E-state index >= 15 is 0 Å². The summed E-state index contributed by atoms with van der Waals surface area (Å²) in [5.74, 6) is -1.88. The van der Waals surface area contributed by atoms with Crippen molar-refractivity contribution < 1.29 is 29.3 Å². The second-order valence-electron chi connectivity index (χ2n) is 7.28. The summed E-state index contributed by atoms with van der Waals surface area (Å²) in [5, 5.41) is 20.9. The van der Waals surface area contributed by atoms with E-state index in [9.17, 15) is 19.5 Å². The maximum Gasteiger partial charge on any atom is 0.407 e. The fraction of sp³-hybridized carbons (Fsp3) is 0.800. The summed E-state index contributed by atoms with van der Waals surface area (Å²) in [4.78, 5) is 36.0. The van der Waals surface area contributed by atoms with Gasteiger partial charge in [0.2, 0.25) is 5.91 Å². The minimum Gasteiger partial charge on any atom is -0.480 e. The van der Waals surface area contributed by atoms with Crippen LogP contribution < -0.4 is 5.32 Å².